The van der Waals surface area contributed by atoms with Gasteiger partial charge in [-0.2, -0.15) is 0 Å². The molecule has 1 aliphatic heterocycles. The number of carbonyl (C=O) groups excluding carboxylic acids is 2. The van der Waals surface area contributed by atoms with Crippen LogP contribution in [0.5, 0.6) is 0 Å². The van der Waals surface area contributed by atoms with Gasteiger partial charge in [-0.3, -0.25) is 9.59 Å². The summed E-state index contributed by atoms with van der Waals surface area (Å²) < 4.78 is 0. The number of amides is 2. The molecule has 2 amide bonds. The first-order valence-corrected chi connectivity index (χ1v) is 9.80. The molecule has 2 aromatic carbocycles. The average molecular weight is 390 g/mol. The van der Waals surface area contributed by atoms with Crippen molar-refractivity contribution < 1.29 is 14.7 Å². The Bertz CT molecular complexity index is 964. The van der Waals surface area contributed by atoms with Crippen molar-refractivity contribution in [3.05, 3.63) is 70.8 Å². The molecule has 0 spiro atoms. The molecule has 3 rings (SSSR count). The maximum absolute atomic E-state index is 12.6. The first-order chi connectivity index (χ1) is 13.8. The predicted molar refractivity (Wildman–Crippen MR) is 112 cm³/mol. The molecule has 1 saturated heterocycles. The van der Waals surface area contributed by atoms with E-state index in [1.807, 2.05) is 29.2 Å². The van der Waals surface area contributed by atoms with Crippen LogP contribution in [0.25, 0.3) is 0 Å². The van der Waals surface area contributed by atoms with Crippen LogP contribution in [0.1, 0.15) is 53.7 Å². The molecule has 2 N–H and O–H groups in total. The Hall–Kier alpha value is -3.10. The molecule has 0 saturated carbocycles. The van der Waals surface area contributed by atoms with E-state index < -0.39 is 5.60 Å². The fourth-order valence-electron chi connectivity index (χ4n) is 3.20. The smallest absolute Gasteiger partial charge is 0.251 e. The van der Waals surface area contributed by atoms with Gasteiger partial charge in [-0.1, -0.05) is 42.2 Å². The molecule has 0 radical (unpaired) electrons. The van der Waals surface area contributed by atoms with Crippen LogP contribution in [-0.2, 0) is 17.9 Å². The normalized spacial score (nSPS) is 13.8. The minimum Gasteiger partial charge on any atom is -0.378 e. The van der Waals surface area contributed by atoms with Crippen molar-refractivity contribution in [2.75, 3.05) is 6.54 Å². The molecule has 0 atom stereocenters. The van der Waals surface area contributed by atoms with Gasteiger partial charge in [0.2, 0.25) is 5.91 Å². The summed E-state index contributed by atoms with van der Waals surface area (Å²) in [5, 5.41) is 12.7. The van der Waals surface area contributed by atoms with Crippen LogP contribution >= 0.6 is 0 Å². The monoisotopic (exact) mass is 390 g/mol. The second-order valence-electron chi connectivity index (χ2n) is 7.76. The largest absolute Gasteiger partial charge is 0.378 e. The number of benzene rings is 2. The summed E-state index contributed by atoms with van der Waals surface area (Å²) in [6.07, 6.45) is 1.52. The summed E-state index contributed by atoms with van der Waals surface area (Å²) in [6.45, 7) is 4.98. The summed E-state index contributed by atoms with van der Waals surface area (Å²) in [7, 11) is 0. The van der Waals surface area contributed by atoms with Gasteiger partial charge in [0.15, 0.2) is 0 Å². The molecule has 0 aromatic heterocycles. The van der Waals surface area contributed by atoms with E-state index in [1.165, 1.54) is 0 Å². The van der Waals surface area contributed by atoms with Crippen LogP contribution in [0.3, 0.4) is 0 Å². The highest BCUT2D eigenvalue weighted by molar-refractivity contribution is 5.94. The van der Waals surface area contributed by atoms with Gasteiger partial charge < -0.3 is 15.3 Å². The third-order valence-corrected chi connectivity index (χ3v) is 4.73. The number of nitrogens with one attached hydrogen (secondary N) is 1. The van der Waals surface area contributed by atoms with Crippen molar-refractivity contribution in [1.82, 2.24) is 10.2 Å². The van der Waals surface area contributed by atoms with E-state index in [0.29, 0.717) is 30.6 Å². The molecule has 2 aromatic rings. The van der Waals surface area contributed by atoms with Gasteiger partial charge in [0, 0.05) is 37.2 Å². The van der Waals surface area contributed by atoms with Gasteiger partial charge in [-0.25, -0.2) is 0 Å². The highest BCUT2D eigenvalue weighted by Gasteiger charge is 2.21. The predicted octanol–water partition coefficient (Wildman–Crippen LogP) is 2.86. The van der Waals surface area contributed by atoms with Gasteiger partial charge in [0.05, 0.1) is 0 Å². The molecule has 0 aliphatic carbocycles. The lowest BCUT2D eigenvalue weighted by Crippen LogP contribution is -2.26. The lowest BCUT2D eigenvalue weighted by molar-refractivity contribution is -0.128. The summed E-state index contributed by atoms with van der Waals surface area (Å²) in [6, 6.07) is 14.9. The van der Waals surface area contributed by atoms with E-state index in [9.17, 15) is 14.7 Å². The summed E-state index contributed by atoms with van der Waals surface area (Å²) in [5.41, 5.74) is 2.15. The lowest BCUT2D eigenvalue weighted by atomic mass is 10.1. The summed E-state index contributed by atoms with van der Waals surface area (Å²) in [5.74, 6) is 5.64. The molecule has 5 heteroatoms. The van der Waals surface area contributed by atoms with Gasteiger partial charge in [-0.05, 0) is 49.6 Å². The minimum absolute atomic E-state index is 0.188. The van der Waals surface area contributed by atoms with Crippen LogP contribution in [0, 0.1) is 11.8 Å². The third kappa shape index (κ3) is 5.94. The summed E-state index contributed by atoms with van der Waals surface area (Å²) in [4.78, 5) is 26.4. The molecule has 0 bridgehead atoms. The maximum Gasteiger partial charge on any atom is 0.251 e. The molecule has 0 unspecified atom stereocenters. The SMILES string of the molecule is CC(C)(O)C#Cc1cccc(C(=O)NCc2ccccc2CN2CCCC2=O)c1. The van der Waals surface area contributed by atoms with E-state index >= 15 is 0 Å². The first kappa shape index (κ1) is 20.6. The van der Waals surface area contributed by atoms with Crippen LogP contribution in [-0.4, -0.2) is 34.0 Å². The van der Waals surface area contributed by atoms with E-state index in [1.54, 1.807) is 38.1 Å². The van der Waals surface area contributed by atoms with Gasteiger partial charge in [0.1, 0.15) is 5.60 Å². The van der Waals surface area contributed by atoms with Crippen molar-refractivity contribution in [2.45, 2.75) is 45.4 Å². The van der Waals surface area contributed by atoms with E-state index in [2.05, 4.69) is 17.2 Å². The third-order valence-electron chi connectivity index (χ3n) is 4.73. The molecule has 1 heterocycles. The molecule has 5 nitrogen and oxygen atoms in total. The van der Waals surface area contributed by atoms with E-state index in [-0.39, 0.29) is 11.8 Å². The Morgan fingerprint density at radius 1 is 1.17 bits per heavy atom. The molecular formula is C24H26N2O3. The zero-order valence-electron chi connectivity index (χ0n) is 16.9. The maximum atomic E-state index is 12.6. The van der Waals surface area contributed by atoms with Crippen molar-refractivity contribution in [2.24, 2.45) is 0 Å². The van der Waals surface area contributed by atoms with Crippen LogP contribution < -0.4 is 5.32 Å². The highest BCUT2D eigenvalue weighted by Crippen LogP contribution is 2.17. The zero-order chi connectivity index (χ0) is 20.9. The molecule has 29 heavy (non-hydrogen) atoms. The van der Waals surface area contributed by atoms with E-state index in [4.69, 9.17) is 0 Å². The number of nitrogens with zero attached hydrogens (tertiary/aromatic N) is 1. The second-order valence-corrected chi connectivity index (χ2v) is 7.76. The number of hydrogen-bond acceptors (Lipinski definition) is 3. The number of aliphatic hydroxyl groups is 1. The van der Waals surface area contributed by atoms with Crippen molar-refractivity contribution >= 4 is 11.8 Å². The summed E-state index contributed by atoms with van der Waals surface area (Å²) >= 11 is 0. The van der Waals surface area contributed by atoms with Gasteiger partial charge >= 0.3 is 0 Å². The number of likely N-dealkylation sites (tertiary alicyclic amines) is 1. The van der Waals surface area contributed by atoms with Crippen LogP contribution in [0.2, 0.25) is 0 Å². The van der Waals surface area contributed by atoms with Gasteiger partial charge in [-0.15, -0.1) is 0 Å². The van der Waals surface area contributed by atoms with Crippen molar-refractivity contribution in [3.8, 4) is 11.8 Å². The number of hydrogen-bond donors (Lipinski definition) is 2. The minimum atomic E-state index is -1.08. The second kappa shape index (κ2) is 8.93. The number of rotatable bonds is 5. The Kier molecular flexibility index (Phi) is 6.36. The Labute approximate surface area is 171 Å². The Balaban J connectivity index is 1.67. The molecule has 1 aliphatic rings. The van der Waals surface area contributed by atoms with Crippen molar-refractivity contribution in [3.63, 3.8) is 0 Å². The first-order valence-electron chi connectivity index (χ1n) is 9.80. The van der Waals surface area contributed by atoms with Crippen LogP contribution in [0.15, 0.2) is 48.5 Å². The molecule has 1 fully saturated rings. The van der Waals surface area contributed by atoms with E-state index in [0.717, 1.165) is 24.1 Å². The Morgan fingerprint density at radius 2 is 1.93 bits per heavy atom. The zero-order valence-corrected chi connectivity index (χ0v) is 16.9. The highest BCUT2D eigenvalue weighted by atomic mass is 16.3. The average Bonchev–Trinajstić information content (AvgIpc) is 3.10. The molecular weight excluding hydrogens is 364 g/mol. The Morgan fingerprint density at radius 3 is 2.62 bits per heavy atom. The van der Waals surface area contributed by atoms with Gasteiger partial charge in [0.25, 0.3) is 5.91 Å². The standard InChI is InChI=1S/C24H26N2O3/c1-24(2,29)13-12-18-7-5-10-19(15-18)23(28)25-16-20-8-3-4-9-21(20)17-26-14-6-11-22(26)27/h3-5,7-10,15,29H,6,11,14,16-17H2,1-2H3,(H,25,28). The molecule has 150 valence electrons. The van der Waals surface area contributed by atoms with Crippen molar-refractivity contribution in [1.29, 1.82) is 0 Å². The fourth-order valence-corrected chi connectivity index (χ4v) is 3.20. The fraction of sp³-hybridized carbons (Fsp3) is 0.333. The number of carbonyl (C=O) groups is 2. The van der Waals surface area contributed by atoms with Crippen LogP contribution in [0.4, 0.5) is 0 Å². The topological polar surface area (TPSA) is 69.6 Å². The quantitative estimate of drug-likeness (QED) is 0.772. The lowest BCUT2D eigenvalue weighted by Gasteiger charge is -2.18.